The molecule has 2 heterocycles. The second-order valence-corrected chi connectivity index (χ2v) is 6.67. The van der Waals surface area contributed by atoms with E-state index in [1.165, 1.54) is 24.4 Å². The first-order chi connectivity index (χ1) is 15.4. The number of non-ortho nitro benzene ring substituents is 1. The fourth-order valence-electron chi connectivity index (χ4n) is 2.71. The van der Waals surface area contributed by atoms with Gasteiger partial charge in [-0.1, -0.05) is 41.1 Å². The summed E-state index contributed by atoms with van der Waals surface area (Å²) in [6.45, 7) is 0. The quantitative estimate of drug-likeness (QED) is 0.251. The summed E-state index contributed by atoms with van der Waals surface area (Å²) in [6, 6.07) is 12.3. The number of carbonyl (C=O) groups excluding carboxylic acids is 1. The fourth-order valence-corrected chi connectivity index (χ4v) is 2.84. The lowest BCUT2D eigenvalue weighted by atomic mass is 10.1. The highest BCUT2D eigenvalue weighted by Crippen LogP contribution is 2.28. The Balaban J connectivity index is 1.72. The number of hydrogen-bond donors (Lipinski definition) is 2. The van der Waals surface area contributed by atoms with Crippen molar-refractivity contribution in [1.29, 1.82) is 0 Å². The fraction of sp³-hybridized carbons (Fsp3) is 0. The zero-order valence-corrected chi connectivity index (χ0v) is 16.7. The molecule has 14 heteroatoms. The van der Waals surface area contributed by atoms with E-state index in [1.807, 2.05) is 0 Å². The van der Waals surface area contributed by atoms with E-state index < -0.39 is 10.8 Å². The number of hydrogen-bond acceptors (Lipinski definition) is 10. The summed E-state index contributed by atoms with van der Waals surface area (Å²) in [5.74, 6) is -0.880. The van der Waals surface area contributed by atoms with Crippen LogP contribution in [-0.2, 0) is 0 Å². The number of halogens is 1. The average Bonchev–Trinajstić information content (AvgIpc) is 3.41. The summed E-state index contributed by atoms with van der Waals surface area (Å²) in [4.78, 5) is 23.4. The predicted octanol–water partition coefficient (Wildman–Crippen LogP) is 2.23. The Kier molecular flexibility index (Phi) is 5.55. The molecule has 2 aromatic heterocycles. The van der Waals surface area contributed by atoms with Gasteiger partial charge < -0.3 is 5.73 Å². The molecule has 0 radical (unpaired) electrons. The van der Waals surface area contributed by atoms with Crippen LogP contribution in [0, 0.1) is 10.1 Å². The smallest absolute Gasteiger partial charge is 0.294 e. The Morgan fingerprint density at radius 1 is 1.25 bits per heavy atom. The number of anilines is 1. The van der Waals surface area contributed by atoms with Gasteiger partial charge in [0.1, 0.15) is 5.69 Å². The number of amides is 1. The largest absolute Gasteiger partial charge is 0.378 e. The van der Waals surface area contributed by atoms with Crippen molar-refractivity contribution in [1.82, 2.24) is 30.7 Å². The second-order valence-electron chi connectivity index (χ2n) is 6.23. The van der Waals surface area contributed by atoms with Gasteiger partial charge in [-0.25, -0.2) is 10.1 Å². The number of rotatable bonds is 6. The zero-order valence-electron chi connectivity index (χ0n) is 15.9. The van der Waals surface area contributed by atoms with Crippen molar-refractivity contribution < 1.29 is 14.3 Å². The van der Waals surface area contributed by atoms with Gasteiger partial charge in [0, 0.05) is 22.7 Å². The van der Waals surface area contributed by atoms with Crippen molar-refractivity contribution in [3.63, 3.8) is 0 Å². The Morgan fingerprint density at radius 3 is 2.72 bits per heavy atom. The summed E-state index contributed by atoms with van der Waals surface area (Å²) in [6.07, 6.45) is 1.41. The third kappa shape index (κ3) is 4.13. The minimum Gasteiger partial charge on any atom is -0.378 e. The molecule has 0 unspecified atom stereocenters. The van der Waals surface area contributed by atoms with Crippen molar-refractivity contribution >= 4 is 35.2 Å². The van der Waals surface area contributed by atoms with Crippen LogP contribution >= 0.6 is 11.6 Å². The summed E-state index contributed by atoms with van der Waals surface area (Å²) >= 11 is 5.84. The van der Waals surface area contributed by atoms with Crippen molar-refractivity contribution in [3.8, 4) is 17.1 Å². The Morgan fingerprint density at radius 2 is 2.03 bits per heavy atom. The summed E-state index contributed by atoms with van der Waals surface area (Å²) < 4.78 is 5.69. The number of aromatic nitrogens is 5. The normalized spacial score (nSPS) is 11.0. The predicted molar refractivity (Wildman–Crippen MR) is 112 cm³/mol. The molecule has 160 valence electrons. The minimum absolute atomic E-state index is 0.0391. The summed E-state index contributed by atoms with van der Waals surface area (Å²) in [5.41, 5.74) is 8.74. The molecule has 0 fully saturated rings. The van der Waals surface area contributed by atoms with E-state index in [0.717, 1.165) is 4.68 Å². The highest BCUT2D eigenvalue weighted by atomic mass is 35.5. The molecule has 13 nitrogen and oxygen atoms in total. The second kappa shape index (κ2) is 8.61. The van der Waals surface area contributed by atoms with E-state index in [4.69, 9.17) is 17.3 Å². The van der Waals surface area contributed by atoms with Crippen molar-refractivity contribution in [3.05, 3.63) is 74.9 Å². The molecular formula is C18H12ClN9O4. The standard InChI is InChI=1S/C18H12ClN9O4/c19-12-6-4-10(5-7-12)9-21-23-18(29)14-15(11-2-1-3-13(8-11)28(30)31)27(26-22-14)17-16(20)24-32-25-17/h1-9H,(H2,20,24)(H,23,29)/b21-9-. The third-order valence-electron chi connectivity index (χ3n) is 4.16. The summed E-state index contributed by atoms with van der Waals surface area (Å²) in [7, 11) is 0. The van der Waals surface area contributed by atoms with Crippen molar-refractivity contribution in [2.24, 2.45) is 5.10 Å². The molecule has 0 spiro atoms. The molecule has 0 bridgehead atoms. The lowest BCUT2D eigenvalue weighted by Crippen LogP contribution is -2.19. The lowest BCUT2D eigenvalue weighted by Gasteiger charge is -2.05. The minimum atomic E-state index is -0.724. The highest BCUT2D eigenvalue weighted by Gasteiger charge is 2.26. The van der Waals surface area contributed by atoms with E-state index in [-0.39, 0.29) is 34.3 Å². The molecule has 0 saturated carbocycles. The van der Waals surface area contributed by atoms with Gasteiger partial charge in [-0.2, -0.15) is 9.78 Å². The van der Waals surface area contributed by atoms with Gasteiger partial charge in [0.25, 0.3) is 11.6 Å². The molecule has 0 saturated heterocycles. The Bertz CT molecular complexity index is 1330. The maximum atomic E-state index is 12.8. The molecule has 4 rings (SSSR count). The van der Waals surface area contributed by atoms with E-state index >= 15 is 0 Å². The van der Waals surface area contributed by atoms with Gasteiger partial charge in [0.15, 0.2) is 5.69 Å². The van der Waals surface area contributed by atoms with E-state index in [2.05, 4.69) is 35.8 Å². The van der Waals surface area contributed by atoms with Crippen LogP contribution in [0.1, 0.15) is 16.1 Å². The van der Waals surface area contributed by atoms with Crippen LogP contribution in [0.15, 0.2) is 58.3 Å². The first-order valence-electron chi connectivity index (χ1n) is 8.82. The number of nitrogens with two attached hydrogens (primary N) is 1. The number of nitrogens with one attached hydrogen (secondary N) is 1. The topological polar surface area (TPSA) is 180 Å². The van der Waals surface area contributed by atoms with Crippen molar-refractivity contribution in [2.45, 2.75) is 0 Å². The molecule has 2 aromatic carbocycles. The SMILES string of the molecule is Nc1nonc1-n1nnc(C(=O)N/N=C\c2ccc(Cl)cc2)c1-c1cccc([N+](=O)[O-])c1. The number of hydrazone groups is 1. The molecule has 3 N–H and O–H groups in total. The van der Waals surface area contributed by atoms with Crippen LogP contribution in [0.5, 0.6) is 0 Å². The number of nitro groups is 1. The number of benzene rings is 2. The molecule has 0 aliphatic rings. The van der Waals surface area contributed by atoms with Crippen LogP contribution in [-0.4, -0.2) is 42.4 Å². The van der Waals surface area contributed by atoms with Crippen LogP contribution in [0.25, 0.3) is 17.1 Å². The zero-order chi connectivity index (χ0) is 22.7. The van der Waals surface area contributed by atoms with Gasteiger partial charge in [-0.05, 0) is 28.0 Å². The van der Waals surface area contributed by atoms with Gasteiger partial charge >= 0.3 is 0 Å². The number of carbonyl (C=O) groups is 1. The first kappa shape index (κ1) is 20.6. The van der Waals surface area contributed by atoms with Crippen LogP contribution in [0.4, 0.5) is 11.5 Å². The average molecular weight is 454 g/mol. The summed E-state index contributed by atoms with van der Waals surface area (Å²) in [5, 5.41) is 30.6. The first-order valence-corrected chi connectivity index (χ1v) is 9.19. The van der Waals surface area contributed by atoms with Gasteiger partial charge in [-0.15, -0.1) is 5.10 Å². The number of nitrogen functional groups attached to an aromatic ring is 1. The number of nitrogens with zero attached hydrogens (tertiary/aromatic N) is 7. The van der Waals surface area contributed by atoms with Crippen LogP contribution in [0.3, 0.4) is 0 Å². The Hall–Kier alpha value is -4.65. The van der Waals surface area contributed by atoms with Crippen LogP contribution < -0.4 is 11.2 Å². The molecule has 32 heavy (non-hydrogen) atoms. The third-order valence-corrected chi connectivity index (χ3v) is 4.41. The maximum absolute atomic E-state index is 12.8. The molecule has 0 atom stereocenters. The van der Waals surface area contributed by atoms with Gasteiger partial charge in [0.2, 0.25) is 11.6 Å². The highest BCUT2D eigenvalue weighted by molar-refractivity contribution is 6.30. The maximum Gasteiger partial charge on any atom is 0.294 e. The molecule has 4 aromatic rings. The monoisotopic (exact) mass is 453 g/mol. The van der Waals surface area contributed by atoms with Crippen molar-refractivity contribution in [2.75, 3.05) is 5.73 Å². The molecule has 0 aliphatic carbocycles. The van der Waals surface area contributed by atoms with Crippen LogP contribution in [0.2, 0.25) is 5.02 Å². The number of nitro benzene ring substituents is 1. The Labute approximate surface area is 183 Å². The van der Waals surface area contributed by atoms with Gasteiger partial charge in [-0.3, -0.25) is 14.9 Å². The van der Waals surface area contributed by atoms with Gasteiger partial charge in [0.05, 0.1) is 11.1 Å². The van der Waals surface area contributed by atoms with E-state index in [0.29, 0.717) is 10.6 Å². The van der Waals surface area contributed by atoms with E-state index in [1.54, 1.807) is 30.3 Å². The molecule has 0 aliphatic heterocycles. The molecule has 1 amide bonds. The lowest BCUT2D eigenvalue weighted by molar-refractivity contribution is -0.384. The molecular weight excluding hydrogens is 442 g/mol. The van der Waals surface area contributed by atoms with E-state index in [9.17, 15) is 14.9 Å².